The first-order valence-corrected chi connectivity index (χ1v) is 13.9. The first kappa shape index (κ1) is 29.9. The van der Waals surface area contributed by atoms with E-state index in [9.17, 15) is 31.6 Å². The summed E-state index contributed by atoms with van der Waals surface area (Å²) in [7, 11) is 0. The summed E-state index contributed by atoms with van der Waals surface area (Å²) >= 11 is 0. The van der Waals surface area contributed by atoms with Crippen molar-refractivity contribution in [3.05, 3.63) is 137 Å². The maximum atomic E-state index is 14.0. The second kappa shape index (κ2) is 11.1. The van der Waals surface area contributed by atoms with Crippen LogP contribution in [-0.2, 0) is 11.7 Å². The van der Waals surface area contributed by atoms with Crippen molar-refractivity contribution in [1.29, 1.82) is 5.26 Å². The minimum absolute atomic E-state index is 0.171. The highest BCUT2D eigenvalue weighted by molar-refractivity contribution is 5.67. The summed E-state index contributed by atoms with van der Waals surface area (Å²) in [6, 6.07) is 32.2. The molecule has 1 saturated carbocycles. The van der Waals surface area contributed by atoms with Crippen LogP contribution in [-0.4, -0.2) is 27.8 Å². The number of nitrogens with zero attached hydrogens (tertiary/aromatic N) is 4. The molecule has 0 radical (unpaired) electrons. The largest absolute Gasteiger partial charge is 0.493 e. The molecule has 1 aliphatic carbocycles. The normalized spacial score (nSPS) is 14.5. The molecule has 1 aliphatic rings. The maximum Gasteiger partial charge on any atom is 0.416 e. The third-order valence-corrected chi connectivity index (χ3v) is 8.07. The van der Waals surface area contributed by atoms with Gasteiger partial charge in [-0.15, -0.1) is 5.10 Å². The molecule has 0 amide bonds. The average Bonchev–Trinajstić information content (AvgIpc) is 3.73. The minimum Gasteiger partial charge on any atom is -0.493 e. The van der Waals surface area contributed by atoms with Crippen molar-refractivity contribution in [2.75, 3.05) is 6.61 Å². The van der Waals surface area contributed by atoms with Gasteiger partial charge in [-0.2, -0.15) is 41.5 Å². The lowest BCUT2D eigenvalue weighted by Crippen LogP contribution is -2.39. The molecule has 0 unspecified atom stereocenters. The van der Waals surface area contributed by atoms with E-state index in [1.54, 1.807) is 0 Å². The Kier molecular flexibility index (Phi) is 7.39. The van der Waals surface area contributed by atoms with Gasteiger partial charge in [0.25, 0.3) is 0 Å². The molecule has 45 heavy (non-hydrogen) atoms. The van der Waals surface area contributed by atoms with Crippen LogP contribution in [0.25, 0.3) is 11.3 Å². The highest BCUT2D eigenvalue weighted by Crippen LogP contribution is 2.57. The molecule has 0 bridgehead atoms. The molecule has 1 heterocycles. The van der Waals surface area contributed by atoms with E-state index in [4.69, 9.17) is 4.74 Å². The lowest BCUT2D eigenvalue weighted by molar-refractivity contribution is -0.194. The van der Waals surface area contributed by atoms with E-state index in [0.29, 0.717) is 22.8 Å². The summed E-state index contributed by atoms with van der Waals surface area (Å²) in [6.07, 6.45) is -9.75. The van der Waals surface area contributed by atoms with Crippen molar-refractivity contribution in [3.63, 3.8) is 0 Å². The molecular formula is C34H24F6N4O. The number of halogens is 6. The molecule has 0 N–H and O–H groups in total. The van der Waals surface area contributed by atoms with E-state index in [1.807, 2.05) is 97.1 Å². The first-order chi connectivity index (χ1) is 21.5. The Morgan fingerprint density at radius 1 is 0.711 bits per heavy atom. The van der Waals surface area contributed by atoms with Crippen molar-refractivity contribution < 1.29 is 31.1 Å². The van der Waals surface area contributed by atoms with Gasteiger partial charge in [0.1, 0.15) is 29.5 Å². The zero-order valence-electron chi connectivity index (χ0n) is 23.5. The summed E-state index contributed by atoms with van der Waals surface area (Å²) < 4.78 is 88.1. The van der Waals surface area contributed by atoms with Crippen LogP contribution in [0.15, 0.2) is 109 Å². The molecule has 5 aromatic rings. The van der Waals surface area contributed by atoms with Gasteiger partial charge < -0.3 is 4.74 Å². The number of hydrogen-bond acceptors (Lipinski definition) is 4. The van der Waals surface area contributed by atoms with E-state index >= 15 is 0 Å². The van der Waals surface area contributed by atoms with Gasteiger partial charge >= 0.3 is 12.4 Å². The van der Waals surface area contributed by atoms with E-state index in [0.717, 1.165) is 12.1 Å². The number of aromatic nitrogens is 3. The third-order valence-electron chi connectivity index (χ3n) is 8.07. The third kappa shape index (κ3) is 5.41. The van der Waals surface area contributed by atoms with Gasteiger partial charge in [-0.05, 0) is 47.7 Å². The lowest BCUT2D eigenvalue weighted by atomic mass is 9.77. The topological polar surface area (TPSA) is 63.7 Å². The van der Waals surface area contributed by atoms with Crippen LogP contribution < -0.4 is 4.74 Å². The highest BCUT2D eigenvalue weighted by Gasteiger charge is 2.64. The van der Waals surface area contributed by atoms with Crippen LogP contribution in [0.3, 0.4) is 0 Å². The second-order valence-corrected chi connectivity index (χ2v) is 10.9. The number of benzene rings is 4. The Balaban J connectivity index is 1.55. The van der Waals surface area contributed by atoms with Crippen molar-refractivity contribution in [2.45, 2.75) is 30.7 Å². The summed E-state index contributed by atoms with van der Waals surface area (Å²) in [6.45, 7) is -0.825. The lowest BCUT2D eigenvalue weighted by Gasteiger charge is -2.34. The number of nitriles is 1. The van der Waals surface area contributed by atoms with E-state index in [1.165, 1.54) is 4.80 Å². The molecule has 1 aromatic heterocycles. The molecule has 5 nitrogen and oxygen atoms in total. The van der Waals surface area contributed by atoms with Crippen LogP contribution in [0, 0.1) is 16.7 Å². The number of rotatable bonds is 8. The molecule has 0 atom stereocenters. The molecule has 0 aliphatic heterocycles. The van der Waals surface area contributed by atoms with Crippen molar-refractivity contribution in [2.24, 2.45) is 5.41 Å². The Labute approximate surface area is 254 Å². The van der Waals surface area contributed by atoms with Gasteiger partial charge in [-0.25, -0.2) is 0 Å². The molecule has 1 fully saturated rings. The number of hydrogen-bond donors (Lipinski definition) is 0. The maximum absolute atomic E-state index is 14.0. The molecule has 228 valence electrons. The predicted molar refractivity (Wildman–Crippen MR) is 153 cm³/mol. The van der Waals surface area contributed by atoms with Crippen LogP contribution in [0.2, 0.25) is 0 Å². The van der Waals surface area contributed by atoms with Crippen LogP contribution in [0.4, 0.5) is 26.3 Å². The van der Waals surface area contributed by atoms with Crippen LogP contribution in [0.5, 0.6) is 5.75 Å². The molecule has 4 aromatic carbocycles. The fraction of sp³-hybridized carbons (Fsp3) is 0.206. The van der Waals surface area contributed by atoms with E-state index < -0.39 is 41.2 Å². The Morgan fingerprint density at radius 3 is 1.64 bits per heavy atom. The van der Waals surface area contributed by atoms with Gasteiger partial charge in [0, 0.05) is 5.56 Å². The summed E-state index contributed by atoms with van der Waals surface area (Å²) in [5.74, 6) is -0.422. The van der Waals surface area contributed by atoms with Crippen molar-refractivity contribution >= 4 is 0 Å². The molecule has 0 spiro atoms. The standard InChI is InChI=1S/C34H24F6N4O/c35-33(36,37)27-18-23(19-28(20-27)45-22-31(16-17-31)34(38,39)40)30-29(21-41)42-44(43-30)32(24-10-4-1-5-11-24,25-12-6-2-7-13-25)26-14-8-3-9-15-26/h1-15,18-20H,16-17,22H2. The van der Waals surface area contributed by atoms with E-state index in [-0.39, 0.29) is 29.8 Å². The predicted octanol–water partition coefficient (Wildman–Crippen LogP) is 8.40. The number of ether oxygens (including phenoxy) is 1. The Hall–Kier alpha value is -5.11. The van der Waals surface area contributed by atoms with E-state index in [2.05, 4.69) is 10.2 Å². The number of alkyl halides is 6. The average molecular weight is 619 g/mol. The smallest absolute Gasteiger partial charge is 0.416 e. The fourth-order valence-corrected chi connectivity index (χ4v) is 5.48. The zero-order valence-corrected chi connectivity index (χ0v) is 23.5. The second-order valence-electron chi connectivity index (χ2n) is 10.9. The molecule has 11 heteroatoms. The zero-order chi connectivity index (χ0) is 31.9. The fourth-order valence-electron chi connectivity index (χ4n) is 5.48. The first-order valence-electron chi connectivity index (χ1n) is 13.9. The Bertz CT molecular complexity index is 1740. The quantitative estimate of drug-likeness (QED) is 0.129. The SMILES string of the molecule is N#Cc1nn(C(c2ccccc2)(c2ccccc2)c2ccccc2)nc1-c1cc(OCC2(C(F)(F)F)CC2)cc(C(F)(F)F)c1. The van der Waals surface area contributed by atoms with Crippen LogP contribution >= 0.6 is 0 Å². The van der Waals surface area contributed by atoms with Gasteiger partial charge in [-0.1, -0.05) is 91.0 Å². The van der Waals surface area contributed by atoms with Gasteiger partial charge in [-0.3, -0.25) is 0 Å². The monoisotopic (exact) mass is 618 g/mol. The van der Waals surface area contributed by atoms with Crippen LogP contribution in [0.1, 0.15) is 40.8 Å². The van der Waals surface area contributed by atoms with Crippen molar-refractivity contribution in [3.8, 4) is 23.1 Å². The summed E-state index contributed by atoms with van der Waals surface area (Å²) in [5, 5.41) is 19.3. The van der Waals surface area contributed by atoms with Gasteiger partial charge in [0.2, 0.25) is 0 Å². The van der Waals surface area contributed by atoms with Crippen molar-refractivity contribution in [1.82, 2.24) is 15.0 Å². The van der Waals surface area contributed by atoms with Gasteiger partial charge in [0.15, 0.2) is 11.2 Å². The summed E-state index contributed by atoms with van der Waals surface area (Å²) in [5.41, 5.74) is -3.02. The highest BCUT2D eigenvalue weighted by atomic mass is 19.4. The molecule has 0 saturated heterocycles. The molecule has 6 rings (SSSR count). The Morgan fingerprint density at radius 2 is 1.22 bits per heavy atom. The minimum atomic E-state index is -4.86. The summed E-state index contributed by atoms with van der Waals surface area (Å²) in [4.78, 5) is 1.31. The van der Waals surface area contributed by atoms with Gasteiger partial charge in [0.05, 0.1) is 5.56 Å². The molecular weight excluding hydrogens is 594 g/mol.